The van der Waals surface area contributed by atoms with Crippen molar-refractivity contribution in [3.05, 3.63) is 83.4 Å². The maximum atomic E-state index is 13.1. The zero-order valence-corrected chi connectivity index (χ0v) is 25.6. The van der Waals surface area contributed by atoms with E-state index in [9.17, 15) is 14.4 Å². The molecule has 0 aliphatic carbocycles. The van der Waals surface area contributed by atoms with Gasteiger partial charge in [-0.15, -0.1) is 0 Å². The smallest absolute Gasteiger partial charge is 0.253 e. The van der Waals surface area contributed by atoms with E-state index in [4.69, 9.17) is 18.9 Å². The van der Waals surface area contributed by atoms with Gasteiger partial charge in [0.15, 0.2) is 0 Å². The van der Waals surface area contributed by atoms with Crippen LogP contribution >= 0.6 is 0 Å². The minimum atomic E-state index is -0.168. The van der Waals surface area contributed by atoms with Crippen LogP contribution in [0.3, 0.4) is 0 Å². The van der Waals surface area contributed by atoms with Gasteiger partial charge in [0.1, 0.15) is 23.0 Å². The van der Waals surface area contributed by atoms with Gasteiger partial charge >= 0.3 is 0 Å². The summed E-state index contributed by atoms with van der Waals surface area (Å²) in [5.74, 6) is 2.11. The van der Waals surface area contributed by atoms with Crippen molar-refractivity contribution >= 4 is 29.4 Å². The van der Waals surface area contributed by atoms with E-state index < -0.39 is 0 Å². The fourth-order valence-electron chi connectivity index (χ4n) is 4.60. The number of nitrogens with one attached hydrogen (secondary N) is 1. The van der Waals surface area contributed by atoms with Gasteiger partial charge in [0.25, 0.3) is 5.91 Å². The number of carbonyl (C=O) groups is 3. The van der Waals surface area contributed by atoms with Gasteiger partial charge < -0.3 is 34.1 Å². The highest BCUT2D eigenvalue weighted by Gasteiger charge is 2.18. The van der Waals surface area contributed by atoms with Crippen molar-refractivity contribution in [1.29, 1.82) is 0 Å². The maximum absolute atomic E-state index is 13.1. The number of hydrogen-bond acceptors (Lipinski definition) is 7. The second-order valence-corrected chi connectivity index (χ2v) is 10.4. The van der Waals surface area contributed by atoms with E-state index in [0.29, 0.717) is 61.3 Å². The molecule has 0 unspecified atom stereocenters. The second-order valence-electron chi connectivity index (χ2n) is 10.4. The Hall–Kier alpha value is -4.83. The largest absolute Gasteiger partial charge is 0.497 e. The minimum Gasteiger partial charge on any atom is -0.497 e. The lowest BCUT2D eigenvalue weighted by Crippen LogP contribution is -2.45. The number of methoxy groups -OCH3 is 2. The van der Waals surface area contributed by atoms with Crippen molar-refractivity contribution in [2.75, 3.05) is 61.2 Å². The molecular weight excluding hydrogens is 562 g/mol. The van der Waals surface area contributed by atoms with Crippen LogP contribution in [0, 0.1) is 0 Å². The number of ether oxygens (including phenoxy) is 4. The average Bonchev–Trinajstić information content (AvgIpc) is 3.06. The van der Waals surface area contributed by atoms with Crippen molar-refractivity contribution in [1.82, 2.24) is 15.1 Å². The number of amides is 3. The number of hydrogen-bond donors (Lipinski definition) is 1. The maximum Gasteiger partial charge on any atom is 0.253 e. The van der Waals surface area contributed by atoms with E-state index in [-0.39, 0.29) is 30.7 Å². The van der Waals surface area contributed by atoms with Crippen molar-refractivity contribution in [2.45, 2.75) is 12.8 Å². The van der Waals surface area contributed by atoms with Crippen LogP contribution in [0.1, 0.15) is 23.1 Å². The van der Waals surface area contributed by atoms with Gasteiger partial charge in [-0.1, -0.05) is 24.3 Å². The van der Waals surface area contributed by atoms with Crippen LogP contribution in [0.15, 0.2) is 66.7 Å². The molecule has 1 aliphatic heterocycles. The van der Waals surface area contributed by atoms with E-state index in [1.54, 1.807) is 39.3 Å². The highest BCUT2D eigenvalue weighted by Crippen LogP contribution is 2.29. The van der Waals surface area contributed by atoms with Crippen molar-refractivity contribution < 1.29 is 33.3 Å². The molecule has 0 bridgehead atoms. The van der Waals surface area contributed by atoms with Crippen LogP contribution in [0.2, 0.25) is 0 Å². The third kappa shape index (κ3) is 9.08. The van der Waals surface area contributed by atoms with E-state index in [1.807, 2.05) is 66.7 Å². The number of likely N-dealkylation sites (N-methyl/N-ethyl adjacent to an activating group) is 1. The first-order valence-corrected chi connectivity index (χ1v) is 14.4. The summed E-state index contributed by atoms with van der Waals surface area (Å²) in [5, 5.41) is 2.71. The third-order valence-electron chi connectivity index (χ3n) is 7.09. The summed E-state index contributed by atoms with van der Waals surface area (Å²) in [4.78, 5) is 40.8. The lowest BCUT2D eigenvalue weighted by Gasteiger charge is -2.26. The Morgan fingerprint density at radius 3 is 2.02 bits per heavy atom. The van der Waals surface area contributed by atoms with Gasteiger partial charge in [-0.2, -0.15) is 0 Å². The van der Waals surface area contributed by atoms with Gasteiger partial charge in [0.05, 0.1) is 34.0 Å². The summed E-state index contributed by atoms with van der Waals surface area (Å²) in [6.45, 7) is 2.18. The number of carbonyl (C=O) groups excluding carboxylic acids is 3. The summed E-state index contributed by atoms with van der Waals surface area (Å²) < 4.78 is 22.0. The van der Waals surface area contributed by atoms with Crippen LogP contribution in [0.25, 0.3) is 11.6 Å². The van der Waals surface area contributed by atoms with Gasteiger partial charge in [-0.3, -0.25) is 14.4 Å². The van der Waals surface area contributed by atoms with Crippen molar-refractivity contribution in [3.8, 4) is 23.0 Å². The number of morpholine rings is 1. The Bertz CT molecular complexity index is 1440. The first-order valence-electron chi connectivity index (χ1n) is 14.4. The molecule has 0 aromatic heterocycles. The topological polar surface area (TPSA) is 107 Å². The summed E-state index contributed by atoms with van der Waals surface area (Å²) in [6, 6.07) is 20.3. The molecule has 10 nitrogen and oxygen atoms in total. The molecule has 0 radical (unpaired) electrons. The molecule has 44 heavy (non-hydrogen) atoms. The van der Waals surface area contributed by atoms with Crippen LogP contribution in [0.4, 0.5) is 0 Å². The highest BCUT2D eigenvalue weighted by atomic mass is 16.5. The van der Waals surface area contributed by atoms with Crippen LogP contribution in [0.5, 0.6) is 23.0 Å². The molecule has 1 aliphatic rings. The summed E-state index contributed by atoms with van der Waals surface area (Å²) >= 11 is 0. The molecule has 1 fully saturated rings. The molecule has 0 atom stereocenters. The predicted octanol–water partition coefficient (Wildman–Crippen LogP) is 4.03. The highest BCUT2D eigenvalue weighted by molar-refractivity contribution is 6.24. The number of nitrogens with zero attached hydrogens (tertiary/aromatic N) is 2. The van der Waals surface area contributed by atoms with Gasteiger partial charge in [-0.05, 0) is 65.6 Å². The van der Waals surface area contributed by atoms with Crippen molar-refractivity contribution in [3.63, 3.8) is 0 Å². The molecule has 3 aromatic rings. The van der Waals surface area contributed by atoms with E-state index in [2.05, 4.69) is 5.32 Å². The van der Waals surface area contributed by atoms with E-state index in [1.165, 1.54) is 4.90 Å². The van der Waals surface area contributed by atoms with Crippen LogP contribution in [-0.4, -0.2) is 88.7 Å². The first kappa shape index (κ1) is 32.1. The number of benzene rings is 3. The predicted molar refractivity (Wildman–Crippen MR) is 168 cm³/mol. The average molecular weight is 602 g/mol. The standard InChI is InChI=1S/C34H39N3O7/c1-36(2)34(40)31(21-25-19-29(41-3)22-30(20-25)42-4)26-8-12-28(13-9-26)44-27-10-5-24(6-11-27)7-14-32(38)35-23-33(39)37-15-17-43-18-16-37/h5-6,8-13,19-22H,7,14-18,23H2,1-4H3,(H,35,38). The molecule has 10 heteroatoms. The molecular formula is C34H39N3O7. The molecule has 1 N–H and O–H groups in total. The Morgan fingerprint density at radius 2 is 1.45 bits per heavy atom. The van der Waals surface area contributed by atoms with Gasteiger partial charge in [0.2, 0.25) is 11.8 Å². The van der Waals surface area contributed by atoms with Gasteiger partial charge in [0, 0.05) is 45.2 Å². The Balaban J connectivity index is 1.35. The summed E-state index contributed by atoms with van der Waals surface area (Å²) in [6.07, 6.45) is 2.63. The van der Waals surface area contributed by atoms with E-state index in [0.717, 1.165) is 16.7 Å². The molecule has 232 valence electrons. The fourth-order valence-corrected chi connectivity index (χ4v) is 4.60. The second kappa shape index (κ2) is 15.6. The zero-order valence-electron chi connectivity index (χ0n) is 25.6. The summed E-state index contributed by atoms with van der Waals surface area (Å²) in [5.41, 5.74) is 2.99. The van der Waals surface area contributed by atoms with Gasteiger partial charge in [-0.25, -0.2) is 0 Å². The molecule has 3 amide bonds. The fraction of sp³-hybridized carbons (Fsp3) is 0.324. The molecule has 0 spiro atoms. The first-order chi connectivity index (χ1) is 21.2. The Kier molecular flexibility index (Phi) is 11.4. The number of aryl methyl sites for hydroxylation is 1. The summed E-state index contributed by atoms with van der Waals surface area (Å²) in [7, 11) is 6.59. The number of rotatable bonds is 12. The Morgan fingerprint density at radius 1 is 0.864 bits per heavy atom. The lowest BCUT2D eigenvalue weighted by atomic mass is 10.0. The quantitative estimate of drug-likeness (QED) is 0.247. The molecule has 0 saturated carbocycles. The third-order valence-corrected chi connectivity index (χ3v) is 7.09. The van der Waals surface area contributed by atoms with Crippen molar-refractivity contribution in [2.24, 2.45) is 0 Å². The zero-order chi connectivity index (χ0) is 31.5. The van der Waals surface area contributed by atoms with Crippen LogP contribution < -0.4 is 19.5 Å². The Labute approximate surface area is 258 Å². The SMILES string of the molecule is COc1cc(C=C(C(=O)N(C)C)c2ccc(Oc3ccc(CCC(=O)NCC(=O)N4CCOCC4)cc3)cc2)cc(OC)c1. The monoisotopic (exact) mass is 601 g/mol. The lowest BCUT2D eigenvalue weighted by molar-refractivity contribution is -0.136. The molecule has 3 aromatic carbocycles. The molecule has 1 saturated heterocycles. The molecule has 1 heterocycles. The minimum absolute atomic E-state index is 0.000736. The van der Waals surface area contributed by atoms with Crippen LogP contribution in [-0.2, 0) is 25.5 Å². The normalized spacial score (nSPS) is 13.2. The van der Waals surface area contributed by atoms with E-state index >= 15 is 0 Å². The molecule has 4 rings (SSSR count).